The van der Waals surface area contributed by atoms with E-state index in [1.165, 1.54) is 24.5 Å². The average Bonchev–Trinajstić information content (AvgIpc) is 2.79. The first-order valence-corrected chi connectivity index (χ1v) is 5.20. The fourth-order valence-electron chi connectivity index (χ4n) is 1.59. The Morgan fingerprint density at radius 2 is 2.06 bits per heavy atom. The van der Waals surface area contributed by atoms with Crippen LogP contribution in [0.2, 0.25) is 0 Å². The molecule has 0 saturated carbocycles. The smallest absolute Gasteiger partial charge is 0.138 e. The Balaban J connectivity index is 2.07. The van der Waals surface area contributed by atoms with Gasteiger partial charge in [-0.25, -0.2) is 13.8 Å². The van der Waals surface area contributed by atoms with E-state index in [-0.39, 0.29) is 5.56 Å². The number of aromatic amines is 1. The van der Waals surface area contributed by atoms with Gasteiger partial charge >= 0.3 is 0 Å². The third-order valence-electron chi connectivity index (χ3n) is 2.47. The van der Waals surface area contributed by atoms with E-state index in [9.17, 15) is 8.78 Å². The monoisotopic (exact) mass is 238 g/mol. The maximum atomic E-state index is 13.5. The lowest BCUT2D eigenvalue weighted by Crippen LogP contribution is -2.21. The van der Waals surface area contributed by atoms with Crippen LogP contribution in [0.3, 0.4) is 0 Å². The summed E-state index contributed by atoms with van der Waals surface area (Å²) in [4.78, 5) is 3.91. The van der Waals surface area contributed by atoms with Crippen LogP contribution in [0.25, 0.3) is 0 Å². The molecule has 0 aliphatic rings. The Bertz CT molecular complexity index is 464. The number of rotatable bonds is 4. The van der Waals surface area contributed by atoms with Crippen LogP contribution in [-0.4, -0.2) is 15.2 Å². The summed E-state index contributed by atoms with van der Waals surface area (Å²) in [5.41, 5.74) is 0.0343. The summed E-state index contributed by atoms with van der Waals surface area (Å²) in [6.45, 7) is 2.06. The van der Waals surface area contributed by atoms with Gasteiger partial charge in [-0.3, -0.25) is 5.10 Å². The van der Waals surface area contributed by atoms with Crippen LogP contribution in [0.4, 0.5) is 8.78 Å². The highest BCUT2D eigenvalue weighted by Crippen LogP contribution is 2.20. The van der Waals surface area contributed by atoms with E-state index in [0.29, 0.717) is 12.4 Å². The first kappa shape index (κ1) is 11.7. The van der Waals surface area contributed by atoms with Gasteiger partial charge in [-0.05, 0) is 19.1 Å². The van der Waals surface area contributed by atoms with Gasteiger partial charge in [-0.15, -0.1) is 0 Å². The quantitative estimate of drug-likeness (QED) is 0.855. The molecule has 4 nitrogen and oxygen atoms in total. The van der Waals surface area contributed by atoms with Gasteiger partial charge in [-0.2, -0.15) is 5.10 Å². The molecule has 6 heteroatoms. The third-order valence-corrected chi connectivity index (χ3v) is 2.47. The van der Waals surface area contributed by atoms with Gasteiger partial charge in [0.25, 0.3) is 0 Å². The Hall–Kier alpha value is -1.82. The minimum atomic E-state index is -0.553. The van der Waals surface area contributed by atoms with Crippen LogP contribution in [-0.2, 0) is 6.54 Å². The minimum absolute atomic E-state index is 0.0343. The van der Waals surface area contributed by atoms with Crippen LogP contribution >= 0.6 is 0 Å². The van der Waals surface area contributed by atoms with Crippen LogP contribution in [0.5, 0.6) is 0 Å². The zero-order chi connectivity index (χ0) is 12.3. The number of aromatic nitrogens is 3. The second kappa shape index (κ2) is 5.01. The Morgan fingerprint density at radius 1 is 1.35 bits per heavy atom. The summed E-state index contributed by atoms with van der Waals surface area (Å²) in [5.74, 6) is -0.487. The van der Waals surface area contributed by atoms with Crippen LogP contribution < -0.4 is 5.32 Å². The zero-order valence-corrected chi connectivity index (χ0v) is 9.24. The van der Waals surface area contributed by atoms with Crippen molar-refractivity contribution in [1.29, 1.82) is 0 Å². The van der Waals surface area contributed by atoms with Crippen molar-refractivity contribution in [2.45, 2.75) is 19.5 Å². The number of H-pyrrole nitrogens is 1. The van der Waals surface area contributed by atoms with Crippen molar-refractivity contribution in [2.75, 3.05) is 0 Å². The maximum Gasteiger partial charge on any atom is 0.138 e. The molecule has 2 rings (SSSR count). The normalized spacial score (nSPS) is 12.6. The summed E-state index contributed by atoms with van der Waals surface area (Å²) in [7, 11) is 0. The highest BCUT2D eigenvalue weighted by molar-refractivity contribution is 5.22. The molecular weight excluding hydrogens is 226 g/mol. The second-order valence-corrected chi connectivity index (χ2v) is 3.67. The van der Waals surface area contributed by atoms with Crippen LogP contribution in [0, 0.1) is 11.6 Å². The van der Waals surface area contributed by atoms with Crippen molar-refractivity contribution in [3.63, 3.8) is 0 Å². The van der Waals surface area contributed by atoms with Gasteiger partial charge in [0, 0.05) is 11.6 Å². The van der Waals surface area contributed by atoms with E-state index in [2.05, 4.69) is 20.5 Å². The molecule has 1 unspecified atom stereocenters. The molecule has 2 N–H and O–H groups in total. The number of hydrogen-bond donors (Lipinski definition) is 2. The van der Waals surface area contributed by atoms with Crippen molar-refractivity contribution < 1.29 is 8.78 Å². The molecule has 1 aromatic heterocycles. The molecule has 90 valence electrons. The van der Waals surface area contributed by atoms with E-state index in [1.807, 2.05) is 0 Å². The fourth-order valence-corrected chi connectivity index (χ4v) is 1.59. The predicted octanol–water partition coefficient (Wildman–Crippen LogP) is 1.93. The lowest BCUT2D eigenvalue weighted by molar-refractivity contribution is 0.483. The number of benzene rings is 1. The minimum Gasteiger partial charge on any atom is -0.303 e. The first-order valence-electron chi connectivity index (χ1n) is 5.20. The van der Waals surface area contributed by atoms with Gasteiger partial charge in [0.15, 0.2) is 0 Å². The van der Waals surface area contributed by atoms with Crippen molar-refractivity contribution >= 4 is 0 Å². The van der Waals surface area contributed by atoms with Gasteiger partial charge in [-0.1, -0.05) is 6.07 Å². The van der Waals surface area contributed by atoms with Gasteiger partial charge in [0.1, 0.15) is 23.8 Å². The van der Waals surface area contributed by atoms with E-state index in [0.717, 1.165) is 0 Å². The molecule has 0 aliphatic carbocycles. The summed E-state index contributed by atoms with van der Waals surface area (Å²) in [6, 6.07) is 3.38. The summed E-state index contributed by atoms with van der Waals surface area (Å²) >= 11 is 0. The maximum absolute atomic E-state index is 13.5. The molecular formula is C11H12F2N4. The lowest BCUT2D eigenvalue weighted by atomic mass is 10.1. The molecule has 0 amide bonds. The molecule has 0 spiro atoms. The Kier molecular flexibility index (Phi) is 3.43. The number of nitrogens with one attached hydrogen (secondary N) is 2. The van der Waals surface area contributed by atoms with Crippen molar-refractivity contribution in [1.82, 2.24) is 20.5 Å². The van der Waals surface area contributed by atoms with E-state index in [4.69, 9.17) is 0 Å². The van der Waals surface area contributed by atoms with E-state index >= 15 is 0 Å². The highest BCUT2D eigenvalue weighted by Gasteiger charge is 2.15. The first-order chi connectivity index (χ1) is 8.18. The Labute approximate surface area is 97.1 Å². The van der Waals surface area contributed by atoms with Crippen LogP contribution in [0.1, 0.15) is 24.4 Å². The fraction of sp³-hybridized carbons (Fsp3) is 0.273. The summed E-state index contributed by atoms with van der Waals surface area (Å²) in [6.07, 6.45) is 1.38. The topological polar surface area (TPSA) is 53.6 Å². The second-order valence-electron chi connectivity index (χ2n) is 3.67. The SMILES string of the molecule is CC(NCc1ncn[nH]1)c1c(F)cccc1F. The van der Waals surface area contributed by atoms with Crippen molar-refractivity contribution in [2.24, 2.45) is 0 Å². The van der Waals surface area contributed by atoms with Gasteiger partial charge in [0.2, 0.25) is 0 Å². The average molecular weight is 238 g/mol. The molecule has 0 radical (unpaired) electrons. The standard InChI is InChI=1S/C11H12F2N4/c1-7(14-5-10-15-6-16-17-10)11-8(12)3-2-4-9(11)13/h2-4,6-7,14H,5H2,1H3,(H,15,16,17). The van der Waals surface area contributed by atoms with Crippen molar-refractivity contribution in [3.05, 3.63) is 47.5 Å². The molecule has 1 aromatic carbocycles. The predicted molar refractivity (Wildman–Crippen MR) is 58.0 cm³/mol. The highest BCUT2D eigenvalue weighted by atomic mass is 19.1. The molecule has 17 heavy (non-hydrogen) atoms. The lowest BCUT2D eigenvalue weighted by Gasteiger charge is -2.14. The number of hydrogen-bond acceptors (Lipinski definition) is 3. The Morgan fingerprint density at radius 3 is 2.65 bits per heavy atom. The molecule has 0 bridgehead atoms. The number of nitrogens with zero attached hydrogens (tertiary/aromatic N) is 2. The van der Waals surface area contributed by atoms with Crippen molar-refractivity contribution in [3.8, 4) is 0 Å². The third kappa shape index (κ3) is 2.65. The van der Waals surface area contributed by atoms with Gasteiger partial charge < -0.3 is 5.32 Å². The molecule has 0 aliphatic heterocycles. The van der Waals surface area contributed by atoms with Crippen LogP contribution in [0.15, 0.2) is 24.5 Å². The largest absolute Gasteiger partial charge is 0.303 e. The molecule has 1 heterocycles. The molecule has 2 aromatic rings. The van der Waals surface area contributed by atoms with Gasteiger partial charge in [0.05, 0.1) is 6.54 Å². The van der Waals surface area contributed by atoms with E-state index < -0.39 is 17.7 Å². The summed E-state index contributed by atoms with van der Waals surface area (Å²) in [5, 5.41) is 9.32. The molecule has 0 fully saturated rings. The zero-order valence-electron chi connectivity index (χ0n) is 9.24. The molecule has 0 saturated heterocycles. The molecule has 1 atom stereocenters. The summed E-state index contributed by atoms with van der Waals surface area (Å²) < 4.78 is 26.9. The number of halogens is 2. The van der Waals surface area contributed by atoms with E-state index in [1.54, 1.807) is 6.92 Å².